The van der Waals surface area contributed by atoms with Crippen LogP contribution in [0.2, 0.25) is 0 Å². The van der Waals surface area contributed by atoms with Crippen LogP contribution >= 0.6 is 0 Å². The SMILES string of the molecule is Cc1cn(CCOS(C)(=O)=O)c(C2CCN(C(=O)OC(C)(C)C)CC2)n1. The van der Waals surface area contributed by atoms with Crippen LogP contribution in [-0.4, -0.2) is 60.5 Å². The second kappa shape index (κ2) is 7.96. The number of piperidine rings is 1. The molecule has 1 aromatic heterocycles. The first-order valence-electron chi connectivity index (χ1n) is 8.80. The van der Waals surface area contributed by atoms with Crippen molar-refractivity contribution in [2.75, 3.05) is 26.0 Å². The van der Waals surface area contributed by atoms with E-state index >= 15 is 0 Å². The van der Waals surface area contributed by atoms with E-state index in [2.05, 4.69) is 4.98 Å². The van der Waals surface area contributed by atoms with Crippen LogP contribution in [0.15, 0.2) is 6.20 Å². The van der Waals surface area contributed by atoms with Crippen LogP contribution in [0.4, 0.5) is 4.79 Å². The van der Waals surface area contributed by atoms with Crippen molar-refractivity contribution in [3.8, 4) is 0 Å². The first-order chi connectivity index (χ1) is 11.9. The van der Waals surface area contributed by atoms with E-state index in [0.29, 0.717) is 19.6 Å². The Kier molecular flexibility index (Phi) is 6.33. The van der Waals surface area contributed by atoms with Crippen molar-refractivity contribution in [2.24, 2.45) is 0 Å². The third-order valence-corrected chi connectivity index (χ3v) is 4.66. The van der Waals surface area contributed by atoms with E-state index in [0.717, 1.165) is 30.6 Å². The van der Waals surface area contributed by atoms with E-state index in [9.17, 15) is 13.2 Å². The van der Waals surface area contributed by atoms with Crippen LogP contribution in [0, 0.1) is 6.92 Å². The molecule has 1 aliphatic heterocycles. The molecule has 2 rings (SSSR count). The molecule has 26 heavy (non-hydrogen) atoms. The van der Waals surface area contributed by atoms with Crippen LogP contribution < -0.4 is 0 Å². The molecule has 1 saturated heterocycles. The number of likely N-dealkylation sites (tertiary alicyclic amines) is 1. The highest BCUT2D eigenvalue weighted by Gasteiger charge is 2.29. The molecule has 0 atom stereocenters. The molecule has 8 nitrogen and oxygen atoms in total. The maximum Gasteiger partial charge on any atom is 0.410 e. The zero-order chi connectivity index (χ0) is 19.5. The lowest BCUT2D eigenvalue weighted by Crippen LogP contribution is -2.41. The molecule has 0 spiro atoms. The maximum absolute atomic E-state index is 12.2. The smallest absolute Gasteiger partial charge is 0.410 e. The summed E-state index contributed by atoms with van der Waals surface area (Å²) in [7, 11) is -3.45. The van der Waals surface area contributed by atoms with Gasteiger partial charge in [-0.3, -0.25) is 4.18 Å². The van der Waals surface area contributed by atoms with Crippen molar-refractivity contribution in [2.45, 2.75) is 58.6 Å². The first-order valence-corrected chi connectivity index (χ1v) is 10.6. The van der Waals surface area contributed by atoms with Crippen LogP contribution in [0.3, 0.4) is 0 Å². The van der Waals surface area contributed by atoms with Gasteiger partial charge in [-0.2, -0.15) is 8.42 Å². The fourth-order valence-electron chi connectivity index (χ4n) is 3.00. The Balaban J connectivity index is 1.95. The van der Waals surface area contributed by atoms with E-state index < -0.39 is 15.7 Å². The van der Waals surface area contributed by atoms with Gasteiger partial charge in [0.1, 0.15) is 11.4 Å². The van der Waals surface area contributed by atoms with Gasteiger partial charge in [0, 0.05) is 31.7 Å². The zero-order valence-electron chi connectivity index (χ0n) is 16.2. The van der Waals surface area contributed by atoms with Gasteiger partial charge in [0.2, 0.25) is 0 Å². The Bertz CT molecular complexity index is 728. The highest BCUT2D eigenvalue weighted by atomic mass is 32.2. The van der Waals surface area contributed by atoms with Crippen molar-refractivity contribution in [1.29, 1.82) is 0 Å². The number of imidazole rings is 1. The average Bonchev–Trinajstić information content (AvgIpc) is 2.85. The summed E-state index contributed by atoms with van der Waals surface area (Å²) in [5.74, 6) is 1.14. The summed E-state index contributed by atoms with van der Waals surface area (Å²) in [4.78, 5) is 18.5. The number of aromatic nitrogens is 2. The molecule has 0 radical (unpaired) electrons. The standard InChI is InChI=1S/C17H29N3O5S/c1-13-12-20(10-11-24-26(5,22)23)15(18-13)14-6-8-19(9-7-14)16(21)25-17(2,3)4/h12,14H,6-11H2,1-5H3. The number of rotatable bonds is 5. The molecule has 2 heterocycles. The van der Waals surface area contributed by atoms with Crippen LogP contribution in [0.1, 0.15) is 51.0 Å². The Morgan fingerprint density at radius 2 is 1.92 bits per heavy atom. The summed E-state index contributed by atoms with van der Waals surface area (Å²) in [5.41, 5.74) is 0.384. The van der Waals surface area contributed by atoms with E-state index in [1.165, 1.54) is 0 Å². The predicted octanol–water partition coefficient (Wildman–Crippen LogP) is 2.28. The summed E-state index contributed by atoms with van der Waals surface area (Å²) in [6.45, 7) is 9.22. The summed E-state index contributed by atoms with van der Waals surface area (Å²) < 4.78 is 34.4. The lowest BCUT2D eigenvalue weighted by atomic mass is 9.96. The second-order valence-electron chi connectivity index (χ2n) is 7.70. The van der Waals surface area contributed by atoms with Gasteiger partial charge in [0.05, 0.1) is 18.6 Å². The van der Waals surface area contributed by atoms with Crippen molar-refractivity contribution >= 4 is 16.2 Å². The number of carbonyl (C=O) groups excluding carboxylic acids is 1. The molecule has 0 unspecified atom stereocenters. The molecule has 1 fully saturated rings. The van der Waals surface area contributed by atoms with Gasteiger partial charge in [0.15, 0.2) is 0 Å². The summed E-state index contributed by atoms with van der Waals surface area (Å²) in [6, 6.07) is 0. The Labute approximate surface area is 155 Å². The lowest BCUT2D eigenvalue weighted by molar-refractivity contribution is 0.0202. The minimum atomic E-state index is -3.45. The zero-order valence-corrected chi connectivity index (χ0v) is 17.0. The minimum absolute atomic E-state index is 0.0817. The number of carbonyl (C=O) groups is 1. The van der Waals surface area contributed by atoms with Crippen molar-refractivity contribution in [1.82, 2.24) is 14.5 Å². The van der Waals surface area contributed by atoms with Gasteiger partial charge in [-0.15, -0.1) is 0 Å². The fourth-order valence-corrected chi connectivity index (χ4v) is 3.38. The molecular weight excluding hydrogens is 358 g/mol. The maximum atomic E-state index is 12.2. The molecule has 9 heteroatoms. The summed E-state index contributed by atoms with van der Waals surface area (Å²) >= 11 is 0. The molecule has 148 valence electrons. The van der Waals surface area contributed by atoms with E-state index in [1.807, 2.05) is 38.5 Å². The van der Waals surface area contributed by atoms with Gasteiger partial charge in [-0.1, -0.05) is 0 Å². The lowest BCUT2D eigenvalue weighted by Gasteiger charge is -2.33. The van der Waals surface area contributed by atoms with Crippen molar-refractivity contribution in [3.05, 3.63) is 17.7 Å². The van der Waals surface area contributed by atoms with E-state index in [-0.39, 0.29) is 18.6 Å². The van der Waals surface area contributed by atoms with Crippen molar-refractivity contribution in [3.63, 3.8) is 0 Å². The fraction of sp³-hybridized carbons (Fsp3) is 0.765. The number of hydrogen-bond donors (Lipinski definition) is 0. The first kappa shape index (κ1) is 20.7. The molecule has 0 bridgehead atoms. The topological polar surface area (TPSA) is 90.7 Å². The molecule has 0 N–H and O–H groups in total. The number of nitrogens with zero attached hydrogens (tertiary/aromatic N) is 3. The van der Waals surface area contributed by atoms with Gasteiger partial charge < -0.3 is 14.2 Å². The third kappa shape index (κ3) is 6.28. The Hall–Kier alpha value is -1.61. The quantitative estimate of drug-likeness (QED) is 0.720. The molecule has 0 aromatic carbocycles. The van der Waals surface area contributed by atoms with Crippen molar-refractivity contribution < 1.29 is 22.1 Å². The molecule has 1 amide bonds. The molecule has 0 aliphatic carbocycles. The van der Waals surface area contributed by atoms with E-state index in [4.69, 9.17) is 8.92 Å². The van der Waals surface area contributed by atoms with Crippen LogP contribution in [0.25, 0.3) is 0 Å². The number of ether oxygens (including phenoxy) is 1. The number of amides is 1. The predicted molar refractivity (Wildman–Crippen MR) is 97.5 cm³/mol. The Morgan fingerprint density at radius 3 is 2.46 bits per heavy atom. The van der Waals surface area contributed by atoms with Gasteiger partial charge in [0.25, 0.3) is 10.1 Å². The van der Waals surface area contributed by atoms with E-state index in [1.54, 1.807) is 4.90 Å². The summed E-state index contributed by atoms with van der Waals surface area (Å²) in [5, 5.41) is 0. The highest BCUT2D eigenvalue weighted by molar-refractivity contribution is 7.85. The molecule has 1 aliphatic rings. The minimum Gasteiger partial charge on any atom is -0.444 e. The molecular formula is C17H29N3O5S. The molecule has 1 aromatic rings. The Morgan fingerprint density at radius 1 is 1.31 bits per heavy atom. The van der Waals surface area contributed by atoms with Crippen LogP contribution in [-0.2, 0) is 25.6 Å². The normalized spacial score (nSPS) is 16.7. The summed E-state index contributed by atoms with van der Waals surface area (Å²) in [6.07, 6.45) is 4.25. The van der Waals surface area contributed by atoms with Gasteiger partial charge in [-0.05, 0) is 40.5 Å². The largest absolute Gasteiger partial charge is 0.444 e. The number of hydrogen-bond acceptors (Lipinski definition) is 6. The third-order valence-electron chi connectivity index (χ3n) is 4.07. The molecule has 0 saturated carbocycles. The number of aryl methyl sites for hydroxylation is 1. The second-order valence-corrected chi connectivity index (χ2v) is 9.35. The van der Waals surface area contributed by atoms with Gasteiger partial charge in [-0.25, -0.2) is 9.78 Å². The monoisotopic (exact) mass is 387 g/mol. The highest BCUT2D eigenvalue weighted by Crippen LogP contribution is 2.28. The average molecular weight is 388 g/mol. The van der Waals surface area contributed by atoms with Gasteiger partial charge >= 0.3 is 6.09 Å². The van der Waals surface area contributed by atoms with Crippen LogP contribution in [0.5, 0.6) is 0 Å².